The number of pyridine rings is 1. The van der Waals surface area contributed by atoms with E-state index in [1.165, 1.54) is 12.3 Å². The zero-order valence-electron chi connectivity index (χ0n) is 9.63. The molecule has 0 saturated heterocycles. The lowest BCUT2D eigenvalue weighted by Crippen LogP contribution is -2.31. The van der Waals surface area contributed by atoms with E-state index in [0.717, 1.165) is 12.0 Å². The Balaban J connectivity index is 2.43. The highest BCUT2D eigenvalue weighted by atomic mass is 19.1. The van der Waals surface area contributed by atoms with Crippen LogP contribution in [-0.2, 0) is 6.54 Å². The molecule has 1 rings (SSSR count). The molecule has 0 aromatic carbocycles. The molecule has 3 heteroatoms. The van der Waals surface area contributed by atoms with Crippen molar-refractivity contribution in [2.45, 2.75) is 39.8 Å². The topological polar surface area (TPSA) is 24.9 Å². The number of aromatic nitrogens is 1. The molecule has 1 heterocycles. The van der Waals surface area contributed by atoms with Gasteiger partial charge in [0, 0.05) is 18.8 Å². The number of hydrogen-bond donors (Lipinski definition) is 1. The third kappa shape index (κ3) is 3.96. The first-order chi connectivity index (χ1) is 7.13. The Labute approximate surface area is 90.9 Å². The Kier molecular flexibility index (Phi) is 4.69. The lowest BCUT2D eigenvalue weighted by Gasteiger charge is -2.19. The average molecular weight is 210 g/mol. The molecule has 0 bridgehead atoms. The second-order valence-corrected chi connectivity index (χ2v) is 4.07. The normalized spacial score (nSPS) is 14.9. The largest absolute Gasteiger partial charge is 0.310 e. The fraction of sp³-hybridized carbons (Fsp3) is 0.583. The second-order valence-electron chi connectivity index (χ2n) is 4.07. The maximum Gasteiger partial charge on any atom is 0.141 e. The molecule has 84 valence electrons. The minimum atomic E-state index is -0.273. The van der Waals surface area contributed by atoms with E-state index in [-0.39, 0.29) is 5.82 Å². The number of halogens is 1. The van der Waals surface area contributed by atoms with Crippen molar-refractivity contribution in [2.24, 2.45) is 5.92 Å². The van der Waals surface area contributed by atoms with Crippen LogP contribution in [0.3, 0.4) is 0 Å². The van der Waals surface area contributed by atoms with Gasteiger partial charge in [0.1, 0.15) is 5.82 Å². The van der Waals surface area contributed by atoms with Crippen LogP contribution in [0, 0.1) is 11.7 Å². The molecule has 0 amide bonds. The van der Waals surface area contributed by atoms with Gasteiger partial charge in [-0.05, 0) is 24.5 Å². The average Bonchev–Trinajstić information content (AvgIpc) is 2.25. The Morgan fingerprint density at radius 3 is 2.73 bits per heavy atom. The molecule has 15 heavy (non-hydrogen) atoms. The molecule has 0 saturated carbocycles. The van der Waals surface area contributed by atoms with Crippen LogP contribution in [0.15, 0.2) is 18.5 Å². The smallest absolute Gasteiger partial charge is 0.141 e. The molecule has 1 N–H and O–H groups in total. The van der Waals surface area contributed by atoms with Gasteiger partial charge in [0.15, 0.2) is 0 Å². The van der Waals surface area contributed by atoms with Crippen molar-refractivity contribution in [1.29, 1.82) is 0 Å². The number of hydrogen-bond acceptors (Lipinski definition) is 2. The van der Waals surface area contributed by atoms with Crippen LogP contribution in [0.2, 0.25) is 0 Å². The Bertz CT molecular complexity index is 301. The minimum absolute atomic E-state index is 0.273. The van der Waals surface area contributed by atoms with Gasteiger partial charge in [-0.15, -0.1) is 0 Å². The van der Waals surface area contributed by atoms with Gasteiger partial charge in [-0.1, -0.05) is 20.3 Å². The molecule has 0 spiro atoms. The van der Waals surface area contributed by atoms with Gasteiger partial charge in [-0.25, -0.2) is 4.39 Å². The Morgan fingerprint density at radius 2 is 2.13 bits per heavy atom. The van der Waals surface area contributed by atoms with E-state index in [9.17, 15) is 4.39 Å². The summed E-state index contributed by atoms with van der Waals surface area (Å²) < 4.78 is 12.8. The van der Waals surface area contributed by atoms with Gasteiger partial charge in [0.2, 0.25) is 0 Å². The summed E-state index contributed by atoms with van der Waals surface area (Å²) in [6, 6.07) is 1.96. The van der Waals surface area contributed by atoms with E-state index >= 15 is 0 Å². The van der Waals surface area contributed by atoms with Crippen molar-refractivity contribution in [3.05, 3.63) is 29.8 Å². The second kappa shape index (κ2) is 5.81. The third-order valence-corrected chi connectivity index (χ3v) is 2.89. The number of nitrogens with one attached hydrogen (secondary N) is 1. The summed E-state index contributed by atoms with van der Waals surface area (Å²) in [6.45, 7) is 7.21. The first-order valence-corrected chi connectivity index (χ1v) is 5.46. The summed E-state index contributed by atoms with van der Waals surface area (Å²) >= 11 is 0. The predicted octanol–water partition coefficient (Wildman–Crippen LogP) is 2.74. The van der Waals surface area contributed by atoms with E-state index < -0.39 is 0 Å². The predicted molar refractivity (Wildman–Crippen MR) is 60.0 cm³/mol. The highest BCUT2D eigenvalue weighted by Crippen LogP contribution is 2.08. The van der Waals surface area contributed by atoms with E-state index in [1.807, 2.05) is 0 Å². The summed E-state index contributed by atoms with van der Waals surface area (Å²) in [5, 5.41) is 3.37. The van der Waals surface area contributed by atoms with Crippen LogP contribution in [0.5, 0.6) is 0 Å². The summed E-state index contributed by atoms with van der Waals surface area (Å²) in [7, 11) is 0. The van der Waals surface area contributed by atoms with Gasteiger partial charge >= 0.3 is 0 Å². The number of rotatable bonds is 5. The SMILES string of the molecule is CCC(C)C(C)NCc1cncc(F)c1. The molecule has 2 unspecified atom stereocenters. The van der Waals surface area contributed by atoms with Gasteiger partial charge in [0.25, 0.3) is 0 Å². The zero-order valence-corrected chi connectivity index (χ0v) is 9.63. The van der Waals surface area contributed by atoms with Gasteiger partial charge in [0.05, 0.1) is 6.20 Å². The van der Waals surface area contributed by atoms with Crippen LogP contribution in [0.1, 0.15) is 32.8 Å². The molecule has 2 nitrogen and oxygen atoms in total. The molecule has 0 aliphatic carbocycles. The maximum absolute atomic E-state index is 12.8. The van der Waals surface area contributed by atoms with Crippen LogP contribution in [0.4, 0.5) is 4.39 Å². The molecule has 0 aliphatic rings. The fourth-order valence-electron chi connectivity index (χ4n) is 1.39. The van der Waals surface area contributed by atoms with Gasteiger partial charge < -0.3 is 5.32 Å². The van der Waals surface area contributed by atoms with E-state index in [2.05, 4.69) is 31.1 Å². The molecule has 0 fully saturated rings. The fourth-order valence-corrected chi connectivity index (χ4v) is 1.39. The molecule has 1 aromatic rings. The Morgan fingerprint density at radius 1 is 1.40 bits per heavy atom. The molecule has 0 radical (unpaired) electrons. The van der Waals surface area contributed by atoms with Crippen LogP contribution >= 0.6 is 0 Å². The summed E-state index contributed by atoms with van der Waals surface area (Å²) in [6.07, 6.45) is 4.07. The number of nitrogens with zero attached hydrogens (tertiary/aromatic N) is 1. The third-order valence-electron chi connectivity index (χ3n) is 2.89. The monoisotopic (exact) mass is 210 g/mol. The highest BCUT2D eigenvalue weighted by molar-refractivity contribution is 5.09. The first kappa shape index (κ1) is 12.1. The molecule has 1 aromatic heterocycles. The molecular formula is C12H19FN2. The molecular weight excluding hydrogens is 191 g/mol. The lowest BCUT2D eigenvalue weighted by atomic mass is 10.0. The lowest BCUT2D eigenvalue weighted by molar-refractivity contribution is 0.389. The van der Waals surface area contributed by atoms with E-state index in [1.54, 1.807) is 6.20 Å². The zero-order chi connectivity index (χ0) is 11.3. The molecule has 2 atom stereocenters. The summed E-state index contributed by atoms with van der Waals surface area (Å²) in [5.41, 5.74) is 0.894. The quantitative estimate of drug-likeness (QED) is 0.808. The van der Waals surface area contributed by atoms with Crippen molar-refractivity contribution in [3.63, 3.8) is 0 Å². The standard InChI is InChI=1S/C12H19FN2/c1-4-9(2)10(3)15-7-11-5-12(13)8-14-6-11/h5-6,8-10,15H,4,7H2,1-3H3. The minimum Gasteiger partial charge on any atom is -0.310 e. The van der Waals surface area contributed by atoms with Crippen LogP contribution in [-0.4, -0.2) is 11.0 Å². The molecule has 0 aliphatic heterocycles. The summed E-state index contributed by atoms with van der Waals surface area (Å²) in [5.74, 6) is 0.358. The van der Waals surface area contributed by atoms with Crippen molar-refractivity contribution >= 4 is 0 Å². The maximum atomic E-state index is 12.8. The summed E-state index contributed by atoms with van der Waals surface area (Å²) in [4.78, 5) is 3.81. The van der Waals surface area contributed by atoms with Gasteiger partial charge in [-0.3, -0.25) is 4.98 Å². The van der Waals surface area contributed by atoms with Gasteiger partial charge in [-0.2, -0.15) is 0 Å². The van der Waals surface area contributed by atoms with Crippen molar-refractivity contribution in [3.8, 4) is 0 Å². The van der Waals surface area contributed by atoms with Crippen molar-refractivity contribution < 1.29 is 4.39 Å². The van der Waals surface area contributed by atoms with E-state index in [4.69, 9.17) is 0 Å². The highest BCUT2D eigenvalue weighted by Gasteiger charge is 2.09. The van der Waals surface area contributed by atoms with Crippen LogP contribution < -0.4 is 5.32 Å². The van der Waals surface area contributed by atoms with Crippen LogP contribution in [0.25, 0.3) is 0 Å². The van der Waals surface area contributed by atoms with Crippen molar-refractivity contribution in [1.82, 2.24) is 10.3 Å². The van der Waals surface area contributed by atoms with E-state index in [0.29, 0.717) is 18.5 Å². The first-order valence-electron chi connectivity index (χ1n) is 5.46. The Hall–Kier alpha value is -0.960. The van der Waals surface area contributed by atoms with Crippen molar-refractivity contribution in [2.75, 3.05) is 0 Å².